The summed E-state index contributed by atoms with van der Waals surface area (Å²) in [5.41, 5.74) is -0.304. The van der Waals surface area contributed by atoms with E-state index in [4.69, 9.17) is 14.2 Å². The molecule has 0 saturated carbocycles. The summed E-state index contributed by atoms with van der Waals surface area (Å²) in [7, 11) is 3.01. The van der Waals surface area contributed by atoms with Gasteiger partial charge in [0.1, 0.15) is 5.60 Å². The van der Waals surface area contributed by atoms with Crippen molar-refractivity contribution in [2.75, 3.05) is 20.8 Å². The van der Waals surface area contributed by atoms with Crippen molar-refractivity contribution >= 4 is 0 Å². The van der Waals surface area contributed by atoms with Gasteiger partial charge in [0.15, 0.2) is 6.29 Å². The van der Waals surface area contributed by atoms with E-state index in [0.717, 1.165) is 18.4 Å². The second-order valence-corrected chi connectivity index (χ2v) is 3.57. The van der Waals surface area contributed by atoms with Gasteiger partial charge >= 0.3 is 0 Å². The standard InChI is InChI=1S/C10H18O4/c1-10(11,9(12-2)13-3)8-5-4-6-14-7-8/h7,9,11H,4-6H2,1-3H3. The molecule has 0 aromatic heterocycles. The first-order valence-corrected chi connectivity index (χ1v) is 4.72. The monoisotopic (exact) mass is 202 g/mol. The summed E-state index contributed by atoms with van der Waals surface area (Å²) in [4.78, 5) is 0. The average molecular weight is 202 g/mol. The first kappa shape index (κ1) is 11.5. The topological polar surface area (TPSA) is 47.9 Å². The molecular formula is C10H18O4. The smallest absolute Gasteiger partial charge is 0.189 e. The van der Waals surface area contributed by atoms with E-state index in [1.165, 1.54) is 14.2 Å². The highest BCUT2D eigenvalue weighted by molar-refractivity contribution is 5.15. The molecule has 1 rings (SSSR count). The Bertz CT molecular complexity index is 206. The van der Waals surface area contributed by atoms with Crippen molar-refractivity contribution in [1.82, 2.24) is 0 Å². The van der Waals surface area contributed by atoms with Gasteiger partial charge in [-0.25, -0.2) is 0 Å². The number of aliphatic hydroxyl groups is 1. The lowest BCUT2D eigenvalue weighted by Crippen LogP contribution is -2.44. The lowest BCUT2D eigenvalue weighted by molar-refractivity contribution is -0.195. The van der Waals surface area contributed by atoms with Gasteiger partial charge < -0.3 is 19.3 Å². The predicted molar refractivity (Wildman–Crippen MR) is 51.7 cm³/mol. The number of hydrogen-bond acceptors (Lipinski definition) is 4. The molecule has 4 heteroatoms. The maximum Gasteiger partial charge on any atom is 0.189 e. The van der Waals surface area contributed by atoms with Crippen molar-refractivity contribution < 1.29 is 19.3 Å². The molecule has 1 N–H and O–H groups in total. The van der Waals surface area contributed by atoms with Crippen LogP contribution in [-0.2, 0) is 14.2 Å². The number of hydrogen-bond donors (Lipinski definition) is 1. The van der Waals surface area contributed by atoms with Gasteiger partial charge in [0.05, 0.1) is 12.9 Å². The van der Waals surface area contributed by atoms with E-state index in [9.17, 15) is 5.11 Å². The Kier molecular flexibility index (Phi) is 3.92. The maximum atomic E-state index is 10.2. The molecule has 0 saturated heterocycles. The predicted octanol–water partition coefficient (Wildman–Crippen LogP) is 1.05. The Hall–Kier alpha value is -0.580. The Morgan fingerprint density at radius 3 is 2.57 bits per heavy atom. The highest BCUT2D eigenvalue weighted by atomic mass is 16.7. The molecule has 1 aliphatic heterocycles. The molecule has 1 heterocycles. The van der Waals surface area contributed by atoms with Crippen molar-refractivity contribution in [3.05, 3.63) is 11.8 Å². The quantitative estimate of drug-likeness (QED) is 0.692. The maximum absolute atomic E-state index is 10.2. The second kappa shape index (κ2) is 4.77. The molecule has 0 bridgehead atoms. The fourth-order valence-electron chi connectivity index (χ4n) is 1.64. The van der Waals surface area contributed by atoms with Crippen LogP contribution in [0.25, 0.3) is 0 Å². The molecule has 0 spiro atoms. The molecule has 1 atom stereocenters. The molecule has 0 aromatic rings. The average Bonchev–Trinajstić information content (AvgIpc) is 2.20. The van der Waals surface area contributed by atoms with Gasteiger partial charge in [-0.1, -0.05) is 0 Å². The van der Waals surface area contributed by atoms with Crippen LogP contribution in [0.1, 0.15) is 19.8 Å². The summed E-state index contributed by atoms with van der Waals surface area (Å²) >= 11 is 0. The molecule has 0 fully saturated rings. The van der Waals surface area contributed by atoms with E-state index in [1.54, 1.807) is 13.2 Å². The van der Waals surface area contributed by atoms with Crippen LogP contribution in [0.3, 0.4) is 0 Å². The lowest BCUT2D eigenvalue weighted by Gasteiger charge is -2.33. The van der Waals surface area contributed by atoms with E-state index < -0.39 is 11.9 Å². The summed E-state index contributed by atoms with van der Waals surface area (Å²) in [5, 5.41) is 10.2. The molecule has 4 nitrogen and oxygen atoms in total. The zero-order valence-electron chi connectivity index (χ0n) is 8.95. The summed E-state index contributed by atoms with van der Waals surface area (Å²) in [6.45, 7) is 2.38. The van der Waals surface area contributed by atoms with Crippen LogP contribution in [0.4, 0.5) is 0 Å². The van der Waals surface area contributed by atoms with Gasteiger partial charge in [0.25, 0.3) is 0 Å². The van der Waals surface area contributed by atoms with Gasteiger partial charge in [-0.3, -0.25) is 0 Å². The van der Waals surface area contributed by atoms with E-state index in [0.29, 0.717) is 6.61 Å². The minimum absolute atomic E-state index is 0.657. The van der Waals surface area contributed by atoms with Crippen molar-refractivity contribution in [2.24, 2.45) is 0 Å². The molecule has 0 aliphatic carbocycles. The summed E-state index contributed by atoms with van der Waals surface area (Å²) < 4.78 is 15.3. The van der Waals surface area contributed by atoms with Gasteiger partial charge in [-0.15, -0.1) is 0 Å². The van der Waals surface area contributed by atoms with Crippen molar-refractivity contribution in [3.8, 4) is 0 Å². The second-order valence-electron chi connectivity index (χ2n) is 3.57. The molecule has 0 radical (unpaired) electrons. The highest BCUT2D eigenvalue weighted by Gasteiger charge is 2.37. The first-order valence-electron chi connectivity index (χ1n) is 4.72. The summed E-state index contributed by atoms with van der Waals surface area (Å²) in [6, 6.07) is 0. The fraction of sp³-hybridized carbons (Fsp3) is 0.800. The third kappa shape index (κ3) is 2.26. The molecular weight excluding hydrogens is 184 g/mol. The summed E-state index contributed by atoms with van der Waals surface area (Å²) in [5.74, 6) is 0. The third-order valence-corrected chi connectivity index (χ3v) is 2.47. The Morgan fingerprint density at radius 1 is 1.50 bits per heavy atom. The van der Waals surface area contributed by atoms with E-state index in [-0.39, 0.29) is 0 Å². The Morgan fingerprint density at radius 2 is 2.14 bits per heavy atom. The zero-order valence-corrected chi connectivity index (χ0v) is 8.95. The largest absolute Gasteiger partial charge is 0.501 e. The van der Waals surface area contributed by atoms with Crippen LogP contribution in [-0.4, -0.2) is 37.8 Å². The van der Waals surface area contributed by atoms with Crippen molar-refractivity contribution in [3.63, 3.8) is 0 Å². The van der Waals surface area contributed by atoms with Crippen molar-refractivity contribution in [2.45, 2.75) is 31.7 Å². The van der Waals surface area contributed by atoms with Crippen LogP contribution >= 0.6 is 0 Å². The van der Waals surface area contributed by atoms with Gasteiger partial charge in [-0.05, 0) is 19.8 Å². The first-order chi connectivity index (χ1) is 6.62. The minimum atomic E-state index is -1.12. The fourth-order valence-corrected chi connectivity index (χ4v) is 1.64. The molecule has 1 unspecified atom stereocenters. The zero-order chi connectivity index (χ0) is 10.6. The van der Waals surface area contributed by atoms with E-state index in [2.05, 4.69) is 0 Å². The summed E-state index contributed by atoms with van der Waals surface area (Å²) in [6.07, 6.45) is 2.68. The molecule has 14 heavy (non-hydrogen) atoms. The van der Waals surface area contributed by atoms with Gasteiger partial charge in [0.2, 0.25) is 0 Å². The molecule has 1 aliphatic rings. The number of rotatable bonds is 4. The van der Waals surface area contributed by atoms with Gasteiger partial charge in [-0.2, -0.15) is 0 Å². The van der Waals surface area contributed by atoms with Crippen LogP contribution in [0, 0.1) is 0 Å². The van der Waals surface area contributed by atoms with Crippen LogP contribution in [0.2, 0.25) is 0 Å². The molecule has 82 valence electrons. The number of methoxy groups -OCH3 is 2. The SMILES string of the molecule is COC(OC)C(C)(O)C1=COCCC1. The van der Waals surface area contributed by atoms with Crippen molar-refractivity contribution in [1.29, 1.82) is 0 Å². The van der Waals surface area contributed by atoms with E-state index >= 15 is 0 Å². The third-order valence-electron chi connectivity index (χ3n) is 2.47. The van der Waals surface area contributed by atoms with Crippen LogP contribution < -0.4 is 0 Å². The Labute approximate surface area is 84.5 Å². The number of ether oxygens (including phenoxy) is 3. The normalized spacial score (nSPS) is 21.4. The van der Waals surface area contributed by atoms with E-state index in [1.807, 2.05) is 0 Å². The van der Waals surface area contributed by atoms with Gasteiger partial charge in [0, 0.05) is 19.8 Å². The molecule has 0 aromatic carbocycles. The highest BCUT2D eigenvalue weighted by Crippen LogP contribution is 2.28. The lowest BCUT2D eigenvalue weighted by atomic mass is 9.91. The van der Waals surface area contributed by atoms with Crippen LogP contribution in [0.15, 0.2) is 11.8 Å². The minimum Gasteiger partial charge on any atom is -0.501 e. The molecule has 0 amide bonds. The Balaban J connectivity index is 2.75. The van der Waals surface area contributed by atoms with Crippen LogP contribution in [0.5, 0.6) is 0 Å².